The van der Waals surface area contributed by atoms with Gasteiger partial charge in [-0.2, -0.15) is 0 Å². The maximum Gasteiger partial charge on any atom is 0.187 e. The standard InChI is InChI=1S/C47H58N4O6/c1-3-5-6-10-36(42(55)26-34(52)9-4-2)41(54)16-11-30-12-18-43-44(23-30)57-46-38(47(21-22-56-43)19-7-8-20-47)15-17-40(53)35-14-13-31(45(48)49)24-32(35)25-33-27-50-39-29-51(46)28-37(33)39/h12-14,18,23-24,27-28,34,36,38,40,42,45-46,52-53,55H,3-11,16,19-20,25-26,29,48-49H2,1-2H3. The van der Waals surface area contributed by atoms with Crippen molar-refractivity contribution in [3.05, 3.63) is 82.2 Å². The predicted octanol–water partition coefficient (Wildman–Crippen LogP) is 6.28. The number of nitrogens with zero attached hydrogens (tertiary/aromatic N) is 2. The van der Waals surface area contributed by atoms with E-state index in [1.807, 2.05) is 49.5 Å². The van der Waals surface area contributed by atoms with Crippen LogP contribution in [0.25, 0.3) is 0 Å². The van der Waals surface area contributed by atoms with Gasteiger partial charge in [-0.3, -0.25) is 9.79 Å². The molecular formula is C47H58N4O6. The summed E-state index contributed by atoms with van der Waals surface area (Å²) in [4.78, 5) is 20.8. The van der Waals surface area contributed by atoms with Crippen molar-refractivity contribution < 1.29 is 29.6 Å². The number of aliphatic hydroxyl groups excluding tert-OH is 3. The number of aliphatic hydroxyl groups is 3. The van der Waals surface area contributed by atoms with Crippen LogP contribution in [-0.4, -0.2) is 56.7 Å². The average Bonchev–Trinajstić information content (AvgIpc) is 3.94. The van der Waals surface area contributed by atoms with E-state index in [0.717, 1.165) is 84.9 Å². The lowest BCUT2D eigenvalue weighted by Gasteiger charge is -2.39. The third-order valence-corrected chi connectivity index (χ3v) is 12.5. The van der Waals surface area contributed by atoms with Gasteiger partial charge in [-0.25, -0.2) is 0 Å². The number of Topliss-reactive ketones (excluding diaryl/α,β-unsaturated/α-hetero) is 1. The molecule has 1 fully saturated rings. The Morgan fingerprint density at radius 1 is 1.04 bits per heavy atom. The molecule has 1 saturated carbocycles. The summed E-state index contributed by atoms with van der Waals surface area (Å²) < 4.78 is 13.2. The second-order valence-electron chi connectivity index (χ2n) is 16.6. The predicted molar refractivity (Wildman–Crippen MR) is 220 cm³/mol. The quantitative estimate of drug-likeness (QED) is 0.0845. The molecule has 0 aromatic heterocycles. The van der Waals surface area contributed by atoms with Crippen LogP contribution in [0.2, 0.25) is 0 Å². The molecule has 0 radical (unpaired) electrons. The van der Waals surface area contributed by atoms with E-state index in [1.165, 1.54) is 0 Å². The van der Waals surface area contributed by atoms with Crippen molar-refractivity contribution >= 4 is 11.5 Å². The van der Waals surface area contributed by atoms with Gasteiger partial charge in [0.2, 0.25) is 0 Å². The van der Waals surface area contributed by atoms with E-state index in [2.05, 4.69) is 41.9 Å². The number of nitrogens with two attached hydrogens (primary N) is 2. The molecule has 57 heavy (non-hydrogen) atoms. The van der Waals surface area contributed by atoms with Crippen LogP contribution in [0.1, 0.15) is 125 Å². The number of allylic oxidation sites excluding steroid dienone is 1. The lowest BCUT2D eigenvalue weighted by atomic mass is 9.73. The molecule has 7 N–H and O–H groups in total. The van der Waals surface area contributed by atoms with Crippen LogP contribution in [0.4, 0.5) is 0 Å². The maximum absolute atomic E-state index is 13.7. The Kier molecular flexibility index (Phi) is 12.9. The number of rotatable bonds is 14. The third-order valence-electron chi connectivity index (χ3n) is 12.5. The van der Waals surface area contributed by atoms with Gasteiger partial charge < -0.3 is 41.2 Å². The van der Waals surface area contributed by atoms with E-state index in [-0.39, 0.29) is 18.6 Å². The summed E-state index contributed by atoms with van der Waals surface area (Å²) in [6.45, 7) is 4.64. The van der Waals surface area contributed by atoms with E-state index in [4.69, 9.17) is 25.9 Å². The fourth-order valence-corrected chi connectivity index (χ4v) is 9.21. The van der Waals surface area contributed by atoms with Gasteiger partial charge in [-0.05, 0) is 78.5 Å². The second kappa shape index (κ2) is 18.0. The lowest BCUT2D eigenvalue weighted by Crippen LogP contribution is -2.47. The first-order valence-electron chi connectivity index (χ1n) is 21.0. The molecular weight excluding hydrogens is 717 g/mol. The number of aryl methyl sites for hydroxylation is 1. The van der Waals surface area contributed by atoms with E-state index in [1.54, 1.807) is 0 Å². The highest BCUT2D eigenvalue weighted by Crippen LogP contribution is 2.49. The van der Waals surface area contributed by atoms with Crippen LogP contribution in [0.3, 0.4) is 0 Å². The summed E-state index contributed by atoms with van der Waals surface area (Å²) in [7, 11) is 0. The van der Waals surface area contributed by atoms with Gasteiger partial charge >= 0.3 is 0 Å². The molecule has 10 nitrogen and oxygen atoms in total. The number of benzene rings is 2. The Labute approximate surface area is 337 Å². The van der Waals surface area contributed by atoms with Gasteiger partial charge in [0, 0.05) is 36.7 Å². The molecule has 7 rings (SSSR count). The van der Waals surface area contributed by atoms with Crippen molar-refractivity contribution in [3.63, 3.8) is 0 Å². The average molecular weight is 775 g/mol. The molecule has 10 heteroatoms. The number of hydrogen-bond acceptors (Lipinski definition) is 10. The van der Waals surface area contributed by atoms with Gasteiger partial charge in [0.15, 0.2) is 17.7 Å². The Morgan fingerprint density at radius 2 is 1.86 bits per heavy atom. The zero-order valence-electron chi connectivity index (χ0n) is 33.4. The number of ketones is 1. The van der Waals surface area contributed by atoms with Crippen molar-refractivity contribution in [1.82, 2.24) is 4.90 Å². The van der Waals surface area contributed by atoms with Crippen LogP contribution < -0.4 is 20.9 Å². The maximum atomic E-state index is 13.7. The fourth-order valence-electron chi connectivity index (χ4n) is 9.21. The molecule has 0 saturated heterocycles. The number of fused-ring (bicyclic) bond motifs is 6. The normalized spacial score (nSPS) is 23.1. The molecule has 6 atom stereocenters. The highest BCUT2D eigenvalue weighted by Gasteiger charge is 2.48. The number of aliphatic imine (C=N–C) groups is 1. The second-order valence-corrected chi connectivity index (χ2v) is 16.6. The summed E-state index contributed by atoms with van der Waals surface area (Å²) in [5.41, 5.74) is 17.9. The van der Waals surface area contributed by atoms with Crippen LogP contribution >= 0.6 is 0 Å². The van der Waals surface area contributed by atoms with Crippen molar-refractivity contribution in [2.24, 2.45) is 33.7 Å². The SMILES string of the molecule is CCCCCC(C(=O)CCc1ccc2c(c1)OC1C(C#CC(O)c3ccc(C(N)N)cc3CC3=CN=C4CN1C=C34)C1(C#CO2)CCCC1)C(O)CC(O)CCC. The molecule has 2 aromatic rings. The van der Waals surface area contributed by atoms with Crippen molar-refractivity contribution in [1.29, 1.82) is 0 Å². The molecule has 0 amide bonds. The minimum Gasteiger partial charge on any atom is -0.465 e. The van der Waals surface area contributed by atoms with E-state index < -0.39 is 48.0 Å². The summed E-state index contributed by atoms with van der Waals surface area (Å²) in [6, 6.07) is 11.4. The molecule has 6 unspecified atom stereocenters. The van der Waals surface area contributed by atoms with Gasteiger partial charge in [0.1, 0.15) is 18.0 Å². The fraction of sp³-hybridized carbons (Fsp3) is 0.532. The van der Waals surface area contributed by atoms with Crippen molar-refractivity contribution in [3.8, 4) is 35.4 Å². The topological polar surface area (TPSA) is 164 Å². The Morgan fingerprint density at radius 3 is 2.63 bits per heavy atom. The van der Waals surface area contributed by atoms with Crippen LogP contribution in [0.15, 0.2) is 64.9 Å². The molecule has 5 aliphatic rings. The zero-order valence-corrected chi connectivity index (χ0v) is 33.4. The summed E-state index contributed by atoms with van der Waals surface area (Å²) in [5, 5.41) is 33.3. The number of carbonyl (C=O) groups is 1. The molecule has 2 aromatic carbocycles. The first-order chi connectivity index (χ1) is 27.6. The molecule has 302 valence electrons. The number of hydrogen-bond donors (Lipinski definition) is 5. The van der Waals surface area contributed by atoms with Crippen molar-refractivity contribution in [2.45, 2.75) is 134 Å². The van der Waals surface area contributed by atoms with Gasteiger partial charge in [-0.1, -0.05) is 94.4 Å². The minimum atomic E-state index is -1.07. The van der Waals surface area contributed by atoms with Crippen LogP contribution in [0, 0.1) is 41.1 Å². The van der Waals surface area contributed by atoms with Crippen LogP contribution in [0.5, 0.6) is 11.5 Å². The Bertz CT molecular complexity index is 2030. The van der Waals surface area contributed by atoms with Crippen LogP contribution in [-0.2, 0) is 17.6 Å². The molecule has 1 aliphatic carbocycles. The lowest BCUT2D eigenvalue weighted by molar-refractivity contribution is -0.127. The van der Waals surface area contributed by atoms with E-state index in [0.29, 0.717) is 49.3 Å². The molecule has 2 bridgehead atoms. The minimum absolute atomic E-state index is 0.00815. The van der Waals surface area contributed by atoms with Gasteiger partial charge in [0.05, 0.1) is 42.0 Å². The monoisotopic (exact) mass is 774 g/mol. The van der Waals surface area contributed by atoms with E-state index >= 15 is 0 Å². The Hall–Kier alpha value is -4.42. The highest BCUT2D eigenvalue weighted by molar-refractivity contribution is 6.09. The first-order valence-corrected chi connectivity index (χ1v) is 21.0. The largest absolute Gasteiger partial charge is 0.465 e. The summed E-state index contributed by atoms with van der Waals surface area (Å²) in [6.07, 6.45) is 13.2. The zero-order chi connectivity index (χ0) is 40.1. The third kappa shape index (κ3) is 9.02. The molecule has 4 heterocycles. The molecule has 4 aliphatic heterocycles. The van der Waals surface area contributed by atoms with Gasteiger partial charge in [0.25, 0.3) is 0 Å². The smallest absolute Gasteiger partial charge is 0.187 e. The van der Waals surface area contributed by atoms with Gasteiger partial charge in [-0.15, -0.1) is 0 Å². The highest BCUT2D eigenvalue weighted by atomic mass is 16.5. The number of unbranched alkanes of at least 4 members (excludes halogenated alkanes) is 2. The van der Waals surface area contributed by atoms with Crippen molar-refractivity contribution in [2.75, 3.05) is 6.54 Å². The van der Waals surface area contributed by atoms with E-state index in [9.17, 15) is 20.1 Å². The Balaban J connectivity index is 1.21. The summed E-state index contributed by atoms with van der Waals surface area (Å²) >= 11 is 0. The molecule has 1 spiro atoms. The number of carbonyl (C=O) groups excluding carboxylic acids is 1. The summed E-state index contributed by atoms with van der Waals surface area (Å²) in [5.74, 6) is 10.3. The number of ether oxygens (including phenoxy) is 2. The first kappa shape index (κ1) is 40.8.